The average Bonchev–Trinajstić information content (AvgIpc) is 2.53. The first-order valence-corrected chi connectivity index (χ1v) is 7.36. The number of carbonyl (C=O) groups is 1. The molecule has 0 spiro atoms. The highest BCUT2D eigenvalue weighted by Gasteiger charge is 2.23. The molecule has 0 radical (unpaired) electrons. The fourth-order valence-corrected chi connectivity index (χ4v) is 2.93. The van der Waals surface area contributed by atoms with Gasteiger partial charge >= 0.3 is 6.03 Å². The molecular formula is C16H17FN4O2. The van der Waals surface area contributed by atoms with Gasteiger partial charge in [-0.2, -0.15) is 0 Å². The van der Waals surface area contributed by atoms with Crippen molar-refractivity contribution in [2.45, 2.75) is 25.9 Å². The van der Waals surface area contributed by atoms with Crippen LogP contribution in [0.15, 0.2) is 24.7 Å². The fraction of sp³-hybridized carbons (Fsp3) is 0.312. The molecule has 2 amide bonds. The topological polar surface area (TPSA) is 92.3 Å². The summed E-state index contributed by atoms with van der Waals surface area (Å²) in [4.78, 5) is 21.1. The van der Waals surface area contributed by atoms with Gasteiger partial charge in [0.2, 0.25) is 0 Å². The third-order valence-corrected chi connectivity index (χ3v) is 3.96. The molecule has 3 heterocycles. The highest BCUT2D eigenvalue weighted by molar-refractivity contribution is 5.91. The Morgan fingerprint density at radius 3 is 2.91 bits per heavy atom. The number of primary amides is 1. The Kier molecular flexibility index (Phi) is 3.96. The molecule has 3 N–H and O–H groups in total. The maximum absolute atomic E-state index is 14.0. The molecule has 1 aliphatic rings. The number of aliphatic hydroxyl groups excluding tert-OH is 1. The molecule has 1 aliphatic heterocycles. The summed E-state index contributed by atoms with van der Waals surface area (Å²) >= 11 is 0. The zero-order valence-corrected chi connectivity index (χ0v) is 12.7. The second-order valence-corrected chi connectivity index (χ2v) is 5.56. The highest BCUT2D eigenvalue weighted by Crippen LogP contribution is 2.33. The smallest absolute Gasteiger partial charge is 0.320 e. The van der Waals surface area contributed by atoms with Crippen molar-refractivity contribution in [3.05, 3.63) is 41.6 Å². The van der Waals surface area contributed by atoms with E-state index in [1.54, 1.807) is 6.20 Å². The number of aromatic nitrogens is 2. The third-order valence-electron chi connectivity index (χ3n) is 3.96. The number of rotatable bonds is 2. The second-order valence-electron chi connectivity index (χ2n) is 5.56. The average molecular weight is 316 g/mol. The van der Waals surface area contributed by atoms with E-state index in [1.165, 1.54) is 18.0 Å². The summed E-state index contributed by atoms with van der Waals surface area (Å²) in [6.07, 6.45) is 4.70. The molecule has 0 aromatic carbocycles. The van der Waals surface area contributed by atoms with Gasteiger partial charge in [-0.1, -0.05) is 0 Å². The number of amides is 2. The summed E-state index contributed by atoms with van der Waals surface area (Å²) in [5, 5.41) is 9.84. The Bertz CT molecular complexity index is 764. The van der Waals surface area contributed by atoms with Gasteiger partial charge in [-0.3, -0.25) is 9.88 Å². The largest absolute Gasteiger partial charge is 0.389 e. The van der Waals surface area contributed by atoms with Crippen molar-refractivity contribution in [2.24, 2.45) is 5.73 Å². The Labute approximate surface area is 132 Å². The Hall–Kier alpha value is -2.54. The van der Waals surface area contributed by atoms with E-state index >= 15 is 0 Å². The van der Waals surface area contributed by atoms with Gasteiger partial charge < -0.3 is 10.8 Å². The molecule has 0 unspecified atom stereocenters. The quantitative estimate of drug-likeness (QED) is 0.888. The lowest BCUT2D eigenvalue weighted by Crippen LogP contribution is -2.40. The van der Waals surface area contributed by atoms with Gasteiger partial charge in [0.1, 0.15) is 11.6 Å². The van der Waals surface area contributed by atoms with E-state index in [4.69, 9.17) is 5.73 Å². The molecule has 3 rings (SSSR count). The maximum atomic E-state index is 14.0. The van der Waals surface area contributed by atoms with Crippen molar-refractivity contribution in [2.75, 3.05) is 11.4 Å². The zero-order chi connectivity index (χ0) is 16.6. The van der Waals surface area contributed by atoms with Gasteiger partial charge in [0.05, 0.1) is 12.3 Å². The van der Waals surface area contributed by atoms with E-state index in [0.717, 1.165) is 24.6 Å². The van der Waals surface area contributed by atoms with Gasteiger partial charge in [0.25, 0.3) is 0 Å². The minimum Gasteiger partial charge on any atom is -0.389 e. The summed E-state index contributed by atoms with van der Waals surface area (Å²) in [5.41, 5.74) is 7.57. The van der Waals surface area contributed by atoms with Gasteiger partial charge in [0, 0.05) is 35.6 Å². The van der Waals surface area contributed by atoms with Crippen LogP contribution in [0.3, 0.4) is 0 Å². The number of nitrogens with zero attached hydrogens (tertiary/aromatic N) is 3. The molecule has 6 nitrogen and oxygen atoms in total. The molecule has 0 saturated carbocycles. The van der Waals surface area contributed by atoms with E-state index in [9.17, 15) is 14.3 Å². The summed E-state index contributed by atoms with van der Waals surface area (Å²) < 4.78 is 14.0. The van der Waals surface area contributed by atoms with Crippen LogP contribution in [0.25, 0.3) is 11.1 Å². The molecular weight excluding hydrogens is 299 g/mol. The third kappa shape index (κ3) is 2.75. The normalized spacial score (nSPS) is 15.2. The Morgan fingerprint density at radius 2 is 2.22 bits per heavy atom. The second kappa shape index (κ2) is 5.92. The number of anilines is 1. The minimum atomic E-state index is -0.967. The first-order chi connectivity index (χ1) is 11.0. The summed E-state index contributed by atoms with van der Waals surface area (Å²) in [6, 6.07) is 1.31. The first-order valence-electron chi connectivity index (χ1n) is 7.36. The molecule has 1 atom stereocenters. The summed E-state index contributed by atoms with van der Waals surface area (Å²) in [5.74, 6) is -0.0237. The van der Waals surface area contributed by atoms with Crippen LogP contribution in [0.2, 0.25) is 0 Å². The molecule has 0 fully saturated rings. The van der Waals surface area contributed by atoms with Crippen molar-refractivity contribution in [1.82, 2.24) is 9.97 Å². The molecule has 0 saturated heterocycles. The van der Waals surface area contributed by atoms with E-state index in [0.29, 0.717) is 23.5 Å². The molecule has 0 aliphatic carbocycles. The molecule has 2 aromatic rings. The standard InChI is InChI=1S/C16H17FN4O2/c1-9(22)14-12(7-19-8-13(14)17)11-5-10-3-2-4-21(16(18)23)15(10)20-6-11/h5-9,22H,2-4H2,1H3,(H2,18,23)/t9-/m1/s1. The fourth-order valence-electron chi connectivity index (χ4n) is 2.93. The van der Waals surface area contributed by atoms with E-state index in [-0.39, 0.29) is 5.56 Å². The van der Waals surface area contributed by atoms with Crippen LogP contribution in [-0.4, -0.2) is 27.7 Å². The first kappa shape index (κ1) is 15.4. The zero-order valence-electron chi connectivity index (χ0n) is 12.7. The van der Waals surface area contributed by atoms with Crippen molar-refractivity contribution < 1.29 is 14.3 Å². The maximum Gasteiger partial charge on any atom is 0.320 e. The lowest BCUT2D eigenvalue weighted by molar-refractivity contribution is 0.194. The number of aliphatic hydroxyl groups is 1. The molecule has 23 heavy (non-hydrogen) atoms. The van der Waals surface area contributed by atoms with Crippen LogP contribution in [0.4, 0.5) is 15.0 Å². The predicted octanol–water partition coefficient (Wildman–Crippen LogP) is 2.17. The number of halogens is 1. The number of hydrogen-bond acceptors (Lipinski definition) is 4. The van der Waals surface area contributed by atoms with Gasteiger partial charge in [-0.05, 0) is 31.4 Å². The number of fused-ring (bicyclic) bond motifs is 1. The lowest BCUT2D eigenvalue weighted by atomic mass is 9.96. The van der Waals surface area contributed by atoms with Gasteiger partial charge in [0.15, 0.2) is 0 Å². The number of nitrogens with two attached hydrogens (primary N) is 1. The molecule has 120 valence electrons. The van der Waals surface area contributed by atoms with Crippen LogP contribution in [0, 0.1) is 5.82 Å². The number of urea groups is 1. The monoisotopic (exact) mass is 316 g/mol. The van der Waals surface area contributed by atoms with E-state index in [2.05, 4.69) is 9.97 Å². The van der Waals surface area contributed by atoms with Crippen molar-refractivity contribution >= 4 is 11.8 Å². The number of aryl methyl sites for hydroxylation is 1. The van der Waals surface area contributed by atoms with Crippen LogP contribution >= 0.6 is 0 Å². The van der Waals surface area contributed by atoms with Gasteiger partial charge in [-0.15, -0.1) is 0 Å². The lowest BCUT2D eigenvalue weighted by Gasteiger charge is -2.27. The molecule has 2 aromatic heterocycles. The van der Waals surface area contributed by atoms with Crippen molar-refractivity contribution in [3.8, 4) is 11.1 Å². The molecule has 0 bridgehead atoms. The van der Waals surface area contributed by atoms with E-state index in [1.807, 2.05) is 6.07 Å². The Balaban J connectivity index is 2.10. The van der Waals surface area contributed by atoms with Crippen LogP contribution < -0.4 is 10.6 Å². The van der Waals surface area contributed by atoms with Crippen LogP contribution in [0.1, 0.15) is 30.6 Å². The minimum absolute atomic E-state index is 0.185. The summed E-state index contributed by atoms with van der Waals surface area (Å²) in [7, 11) is 0. The van der Waals surface area contributed by atoms with Crippen molar-refractivity contribution in [1.29, 1.82) is 0 Å². The number of carbonyl (C=O) groups excluding carboxylic acids is 1. The Morgan fingerprint density at radius 1 is 1.43 bits per heavy atom. The number of hydrogen-bond donors (Lipinski definition) is 2. The van der Waals surface area contributed by atoms with Gasteiger partial charge in [-0.25, -0.2) is 14.2 Å². The number of pyridine rings is 2. The van der Waals surface area contributed by atoms with Crippen LogP contribution in [-0.2, 0) is 6.42 Å². The van der Waals surface area contributed by atoms with Crippen molar-refractivity contribution in [3.63, 3.8) is 0 Å². The highest BCUT2D eigenvalue weighted by atomic mass is 19.1. The SMILES string of the molecule is C[C@@H](O)c1c(F)cncc1-c1cnc2c(c1)CCCN2C(N)=O. The summed E-state index contributed by atoms with van der Waals surface area (Å²) in [6.45, 7) is 2.04. The predicted molar refractivity (Wildman–Crippen MR) is 83.3 cm³/mol. The molecule has 7 heteroatoms. The van der Waals surface area contributed by atoms with Crippen LogP contribution in [0.5, 0.6) is 0 Å². The van der Waals surface area contributed by atoms with E-state index < -0.39 is 18.0 Å².